The topological polar surface area (TPSA) is 52.9 Å². The molecule has 1 amide bonds. The molecule has 0 aromatic heterocycles. The number of aliphatic imine (C=N–C) groups is 1. The quantitative estimate of drug-likeness (QED) is 0.738. The van der Waals surface area contributed by atoms with Gasteiger partial charge in [-0.2, -0.15) is 13.2 Å². The van der Waals surface area contributed by atoms with Gasteiger partial charge in [0.25, 0.3) is 5.91 Å². The number of phenols is 1. The Morgan fingerprint density at radius 1 is 1.15 bits per heavy atom. The lowest BCUT2D eigenvalue weighted by Crippen LogP contribution is -2.38. The first-order valence-corrected chi connectivity index (χ1v) is 8.59. The van der Waals surface area contributed by atoms with Crippen molar-refractivity contribution < 1.29 is 27.5 Å². The summed E-state index contributed by atoms with van der Waals surface area (Å²) in [5.41, 5.74) is -2.05. The predicted molar refractivity (Wildman–Crippen MR) is 94.4 cm³/mol. The van der Waals surface area contributed by atoms with Crippen LogP contribution in [0.4, 0.5) is 23.2 Å². The molecule has 142 valence electrons. The van der Waals surface area contributed by atoms with Crippen molar-refractivity contribution in [3.05, 3.63) is 53.8 Å². The molecule has 27 heavy (non-hydrogen) atoms. The third-order valence-electron chi connectivity index (χ3n) is 3.85. The summed E-state index contributed by atoms with van der Waals surface area (Å²) in [6.45, 7) is 3.09. The second kappa shape index (κ2) is 6.56. The number of phenolic OH excluding ortho intramolecular Hbond substituents is 1. The highest BCUT2D eigenvalue weighted by atomic mass is 32.2. The molecule has 3 rings (SSSR count). The van der Waals surface area contributed by atoms with Crippen LogP contribution >= 0.6 is 11.8 Å². The van der Waals surface area contributed by atoms with E-state index in [0.29, 0.717) is 4.90 Å². The predicted octanol–water partition coefficient (Wildman–Crippen LogP) is 4.82. The summed E-state index contributed by atoms with van der Waals surface area (Å²) in [5, 5.41) is 9.40. The molecule has 1 heterocycles. The number of hydrogen-bond donors (Lipinski definition) is 1. The van der Waals surface area contributed by atoms with E-state index in [-0.39, 0.29) is 10.9 Å². The Balaban J connectivity index is 2.01. The average molecular weight is 398 g/mol. The van der Waals surface area contributed by atoms with E-state index >= 15 is 0 Å². The largest absolute Gasteiger partial charge is 0.505 e. The smallest absolute Gasteiger partial charge is 0.416 e. The van der Waals surface area contributed by atoms with Crippen molar-refractivity contribution in [1.29, 1.82) is 0 Å². The molecule has 0 atom stereocenters. The molecule has 0 fully saturated rings. The number of carbonyl (C=O) groups excluding carboxylic acids is 1. The first-order chi connectivity index (χ1) is 12.5. The Morgan fingerprint density at radius 2 is 1.85 bits per heavy atom. The lowest BCUT2D eigenvalue weighted by molar-refractivity contribution is -0.137. The molecule has 1 N–H and O–H groups in total. The number of amidine groups is 1. The second-order valence-electron chi connectivity index (χ2n) is 6.36. The van der Waals surface area contributed by atoms with Crippen molar-refractivity contribution in [3.8, 4) is 5.75 Å². The molecule has 0 unspecified atom stereocenters. The summed E-state index contributed by atoms with van der Waals surface area (Å²) in [6, 6.07) is 7.99. The van der Waals surface area contributed by atoms with E-state index in [1.54, 1.807) is 13.8 Å². The summed E-state index contributed by atoms with van der Waals surface area (Å²) >= 11 is 0.919. The van der Waals surface area contributed by atoms with Crippen LogP contribution in [0.5, 0.6) is 5.75 Å². The first kappa shape index (κ1) is 19.2. The van der Waals surface area contributed by atoms with Gasteiger partial charge in [-0.25, -0.2) is 9.38 Å². The lowest BCUT2D eigenvalue weighted by atomic mass is 10.1. The number of amides is 1. The number of halogens is 4. The van der Waals surface area contributed by atoms with Crippen LogP contribution in [-0.4, -0.2) is 21.7 Å². The Kier molecular flexibility index (Phi) is 4.67. The van der Waals surface area contributed by atoms with Gasteiger partial charge in [-0.1, -0.05) is 17.8 Å². The number of thioether (sulfide) groups is 1. The van der Waals surface area contributed by atoms with Gasteiger partial charge in [0.05, 0.1) is 11.3 Å². The molecular weight excluding hydrogens is 384 g/mol. The van der Waals surface area contributed by atoms with Crippen LogP contribution in [0, 0.1) is 5.82 Å². The zero-order valence-electron chi connectivity index (χ0n) is 14.2. The Labute approximate surface area is 156 Å². The van der Waals surface area contributed by atoms with Crippen LogP contribution in [0.25, 0.3) is 0 Å². The molecule has 9 heteroatoms. The van der Waals surface area contributed by atoms with Crippen LogP contribution in [0.2, 0.25) is 0 Å². The number of hydrogen-bond acceptors (Lipinski definition) is 4. The molecule has 1 aliphatic heterocycles. The Bertz CT molecular complexity index is 941. The van der Waals surface area contributed by atoms with Gasteiger partial charge < -0.3 is 5.11 Å². The fraction of sp³-hybridized carbons (Fsp3) is 0.222. The van der Waals surface area contributed by atoms with Gasteiger partial charge in [-0.15, -0.1) is 0 Å². The molecule has 0 radical (unpaired) electrons. The fourth-order valence-corrected chi connectivity index (χ4v) is 3.53. The number of aromatic hydroxyl groups is 1. The van der Waals surface area contributed by atoms with E-state index in [9.17, 15) is 27.5 Å². The molecule has 4 nitrogen and oxygen atoms in total. The van der Waals surface area contributed by atoms with Crippen molar-refractivity contribution in [2.24, 2.45) is 4.99 Å². The number of nitrogens with zero attached hydrogens (tertiary/aromatic N) is 2. The normalized spacial score (nSPS) is 16.6. The Hall–Kier alpha value is -2.55. The number of alkyl halides is 3. The summed E-state index contributed by atoms with van der Waals surface area (Å²) < 4.78 is 52.7. The Morgan fingerprint density at radius 3 is 2.48 bits per heavy atom. The van der Waals surface area contributed by atoms with Gasteiger partial charge in [0.2, 0.25) is 0 Å². The number of anilines is 1. The van der Waals surface area contributed by atoms with Gasteiger partial charge in [0.15, 0.2) is 16.7 Å². The van der Waals surface area contributed by atoms with Gasteiger partial charge in [0, 0.05) is 4.90 Å². The monoisotopic (exact) mass is 398 g/mol. The highest BCUT2D eigenvalue weighted by molar-refractivity contribution is 8.14. The van der Waals surface area contributed by atoms with Gasteiger partial charge in [-0.3, -0.25) is 9.69 Å². The standard InChI is InChI=1S/C18H14F4N2O2S/c1-17(2)15(26)24(11-5-3-4-10(8-11)18(20,21)22)16(23-17)27-12-6-7-14(25)13(19)9-12/h3-9,25H,1-2H3. The van der Waals surface area contributed by atoms with E-state index in [1.807, 2.05) is 0 Å². The van der Waals surface area contributed by atoms with Crippen molar-refractivity contribution in [2.45, 2.75) is 30.5 Å². The highest BCUT2D eigenvalue weighted by Gasteiger charge is 2.43. The maximum Gasteiger partial charge on any atom is 0.416 e. The first-order valence-electron chi connectivity index (χ1n) is 7.77. The summed E-state index contributed by atoms with van der Waals surface area (Å²) in [5.74, 6) is -1.88. The molecule has 0 saturated carbocycles. The van der Waals surface area contributed by atoms with E-state index in [0.717, 1.165) is 40.9 Å². The van der Waals surface area contributed by atoms with Crippen molar-refractivity contribution in [1.82, 2.24) is 0 Å². The van der Waals surface area contributed by atoms with Crippen LogP contribution in [-0.2, 0) is 11.0 Å². The maximum absolute atomic E-state index is 13.6. The van der Waals surface area contributed by atoms with E-state index < -0.39 is 34.8 Å². The van der Waals surface area contributed by atoms with Crippen molar-refractivity contribution in [3.63, 3.8) is 0 Å². The molecular formula is C18H14F4N2O2S. The van der Waals surface area contributed by atoms with Gasteiger partial charge >= 0.3 is 6.18 Å². The van der Waals surface area contributed by atoms with Crippen LogP contribution in [0.1, 0.15) is 19.4 Å². The average Bonchev–Trinajstić information content (AvgIpc) is 2.79. The van der Waals surface area contributed by atoms with Crippen molar-refractivity contribution in [2.75, 3.05) is 4.90 Å². The fourth-order valence-electron chi connectivity index (χ4n) is 2.47. The highest BCUT2D eigenvalue weighted by Crippen LogP contribution is 2.38. The minimum Gasteiger partial charge on any atom is -0.505 e. The van der Waals surface area contributed by atoms with E-state index in [2.05, 4.69) is 4.99 Å². The summed E-state index contributed by atoms with van der Waals surface area (Å²) in [6.07, 6.45) is -4.56. The minimum atomic E-state index is -4.56. The van der Waals surface area contributed by atoms with Crippen molar-refractivity contribution >= 4 is 28.5 Å². The van der Waals surface area contributed by atoms with Crippen LogP contribution < -0.4 is 4.90 Å². The summed E-state index contributed by atoms with van der Waals surface area (Å²) in [4.78, 5) is 18.4. The molecule has 0 bridgehead atoms. The number of carbonyl (C=O) groups is 1. The zero-order chi connectivity index (χ0) is 20.0. The van der Waals surface area contributed by atoms with E-state index in [1.165, 1.54) is 18.2 Å². The van der Waals surface area contributed by atoms with Crippen LogP contribution in [0.15, 0.2) is 52.4 Å². The summed E-state index contributed by atoms with van der Waals surface area (Å²) in [7, 11) is 0. The zero-order valence-corrected chi connectivity index (χ0v) is 15.0. The van der Waals surface area contributed by atoms with Crippen LogP contribution in [0.3, 0.4) is 0 Å². The SMILES string of the molecule is CC1(C)N=C(Sc2ccc(O)c(F)c2)N(c2cccc(C(F)(F)F)c2)C1=O. The number of rotatable bonds is 2. The molecule has 0 aliphatic carbocycles. The second-order valence-corrected chi connectivity index (χ2v) is 7.40. The number of benzene rings is 2. The van der Waals surface area contributed by atoms with E-state index in [4.69, 9.17) is 0 Å². The molecule has 2 aromatic rings. The maximum atomic E-state index is 13.6. The third kappa shape index (κ3) is 3.78. The van der Waals surface area contributed by atoms with Gasteiger partial charge in [-0.05, 0) is 50.2 Å². The third-order valence-corrected chi connectivity index (χ3v) is 4.80. The minimum absolute atomic E-state index is 0.0194. The molecule has 2 aromatic carbocycles. The molecule has 0 spiro atoms. The lowest BCUT2D eigenvalue weighted by Gasteiger charge is -2.21. The molecule has 0 saturated heterocycles. The van der Waals surface area contributed by atoms with Gasteiger partial charge in [0.1, 0.15) is 5.54 Å². The molecule has 1 aliphatic rings.